The monoisotopic (exact) mass is 380 g/mol. The second-order valence-electron chi connectivity index (χ2n) is 5.08. The van der Waals surface area contributed by atoms with Gasteiger partial charge >= 0.3 is 0 Å². The molecule has 0 bridgehead atoms. The molecule has 1 atom stereocenters. The molecule has 6 heteroatoms. The van der Waals surface area contributed by atoms with E-state index in [9.17, 15) is 4.39 Å². The number of nitrogens with two attached hydrogens (primary N) is 1. The topological polar surface area (TPSA) is 38.0 Å². The van der Waals surface area contributed by atoms with E-state index in [4.69, 9.17) is 17.4 Å². The van der Waals surface area contributed by atoms with Crippen molar-refractivity contribution in [3.8, 4) is 0 Å². The largest absolute Gasteiger partial charge is 0.271 e. The van der Waals surface area contributed by atoms with Crippen molar-refractivity contribution in [1.82, 2.24) is 5.43 Å². The van der Waals surface area contributed by atoms with Crippen molar-refractivity contribution in [2.45, 2.75) is 43.4 Å². The Morgan fingerprint density at radius 2 is 2.10 bits per heavy atom. The fourth-order valence-electron chi connectivity index (χ4n) is 2.50. The van der Waals surface area contributed by atoms with Crippen molar-refractivity contribution in [3.05, 3.63) is 33.0 Å². The summed E-state index contributed by atoms with van der Waals surface area (Å²) in [6.07, 6.45) is 6.46. The van der Waals surface area contributed by atoms with Gasteiger partial charge in [0.05, 0.1) is 11.1 Å². The maximum atomic E-state index is 14.2. The maximum absolute atomic E-state index is 14.2. The summed E-state index contributed by atoms with van der Waals surface area (Å²) in [6.45, 7) is 0. The van der Waals surface area contributed by atoms with Gasteiger partial charge in [-0.25, -0.2) is 4.39 Å². The van der Waals surface area contributed by atoms with Gasteiger partial charge in [-0.1, -0.05) is 36.9 Å². The second kappa shape index (κ2) is 7.99. The summed E-state index contributed by atoms with van der Waals surface area (Å²) in [5, 5.41) is 0.791. The first-order valence-corrected chi connectivity index (χ1v) is 9.06. The van der Waals surface area contributed by atoms with Gasteiger partial charge in [-0.05, 0) is 34.8 Å². The van der Waals surface area contributed by atoms with Crippen molar-refractivity contribution in [2.75, 3.05) is 5.75 Å². The zero-order valence-electron chi connectivity index (χ0n) is 11.2. The number of nitrogens with one attached hydrogen (secondary N) is 1. The normalized spacial score (nSPS) is 18.2. The van der Waals surface area contributed by atoms with E-state index in [-0.39, 0.29) is 11.1 Å². The predicted molar refractivity (Wildman–Crippen MR) is 88.5 cm³/mol. The second-order valence-corrected chi connectivity index (χ2v) is 7.64. The summed E-state index contributed by atoms with van der Waals surface area (Å²) in [5.41, 5.74) is 3.24. The number of hydrazine groups is 1. The van der Waals surface area contributed by atoms with E-state index in [1.165, 1.54) is 32.1 Å². The molecule has 1 aromatic carbocycles. The van der Waals surface area contributed by atoms with E-state index in [0.717, 1.165) is 5.75 Å². The van der Waals surface area contributed by atoms with Crippen LogP contribution in [0.5, 0.6) is 0 Å². The number of rotatable bonds is 5. The molecule has 1 unspecified atom stereocenters. The first-order chi connectivity index (χ1) is 9.63. The molecular formula is C14H19BrClFN2S. The highest BCUT2D eigenvalue weighted by molar-refractivity contribution is 9.10. The zero-order valence-corrected chi connectivity index (χ0v) is 14.3. The Hall–Kier alpha value is 0.190. The van der Waals surface area contributed by atoms with Gasteiger partial charge in [-0.3, -0.25) is 11.3 Å². The van der Waals surface area contributed by atoms with E-state index in [2.05, 4.69) is 21.4 Å². The lowest BCUT2D eigenvalue weighted by atomic mass is 10.0. The average molecular weight is 382 g/mol. The lowest BCUT2D eigenvalue weighted by Gasteiger charge is -2.24. The minimum Gasteiger partial charge on any atom is -0.271 e. The van der Waals surface area contributed by atoms with Gasteiger partial charge in [-0.2, -0.15) is 11.8 Å². The van der Waals surface area contributed by atoms with Crippen molar-refractivity contribution in [2.24, 2.45) is 5.84 Å². The van der Waals surface area contributed by atoms with Gasteiger partial charge in [0.1, 0.15) is 5.82 Å². The molecule has 1 aliphatic rings. The zero-order chi connectivity index (χ0) is 14.5. The lowest BCUT2D eigenvalue weighted by Crippen LogP contribution is -2.31. The Kier molecular flexibility index (Phi) is 6.62. The molecule has 0 heterocycles. The third-order valence-corrected chi connectivity index (χ3v) is 6.42. The van der Waals surface area contributed by atoms with Gasteiger partial charge in [0, 0.05) is 21.0 Å². The van der Waals surface area contributed by atoms with Gasteiger partial charge in [0.25, 0.3) is 0 Å². The molecule has 1 fully saturated rings. The molecule has 0 radical (unpaired) electrons. The molecule has 1 saturated carbocycles. The molecule has 0 spiro atoms. The number of thioether (sulfide) groups is 1. The Morgan fingerprint density at radius 3 is 2.75 bits per heavy atom. The summed E-state index contributed by atoms with van der Waals surface area (Å²) >= 11 is 11.0. The van der Waals surface area contributed by atoms with Crippen LogP contribution in [-0.2, 0) is 0 Å². The predicted octanol–water partition coefficient (Wildman–Crippen LogP) is 4.81. The molecule has 2 rings (SSSR count). The summed E-state index contributed by atoms with van der Waals surface area (Å²) in [4.78, 5) is 0. The van der Waals surface area contributed by atoms with Crippen LogP contribution in [0.15, 0.2) is 16.6 Å². The molecule has 2 nitrogen and oxygen atoms in total. The Bertz CT molecular complexity index is 455. The Balaban J connectivity index is 2.02. The van der Waals surface area contributed by atoms with Gasteiger partial charge < -0.3 is 0 Å². The van der Waals surface area contributed by atoms with Crippen LogP contribution in [0.1, 0.15) is 43.7 Å². The first kappa shape index (κ1) is 16.6. The van der Waals surface area contributed by atoms with Crippen molar-refractivity contribution in [1.29, 1.82) is 0 Å². The van der Waals surface area contributed by atoms with Crippen molar-refractivity contribution >= 4 is 39.3 Å². The van der Waals surface area contributed by atoms with Gasteiger partial charge in [-0.15, -0.1) is 0 Å². The van der Waals surface area contributed by atoms with Gasteiger partial charge in [0.15, 0.2) is 0 Å². The van der Waals surface area contributed by atoms with E-state index in [1.807, 2.05) is 11.8 Å². The summed E-state index contributed by atoms with van der Waals surface area (Å²) < 4.78 is 14.8. The highest BCUT2D eigenvalue weighted by Crippen LogP contribution is 2.34. The Labute approximate surface area is 137 Å². The highest BCUT2D eigenvalue weighted by Gasteiger charge is 2.21. The fraction of sp³-hybridized carbons (Fsp3) is 0.571. The van der Waals surface area contributed by atoms with Crippen molar-refractivity contribution < 1.29 is 4.39 Å². The molecule has 3 N–H and O–H groups in total. The van der Waals surface area contributed by atoms with E-state index < -0.39 is 5.82 Å². The van der Waals surface area contributed by atoms with Crippen LogP contribution >= 0.6 is 39.3 Å². The quantitative estimate of drug-likeness (QED) is 0.436. The number of benzene rings is 1. The number of hydrogen-bond donors (Lipinski definition) is 2. The molecular weight excluding hydrogens is 363 g/mol. The molecule has 0 aliphatic heterocycles. The molecule has 1 aromatic rings. The van der Waals surface area contributed by atoms with Crippen LogP contribution in [0.3, 0.4) is 0 Å². The molecule has 20 heavy (non-hydrogen) atoms. The summed E-state index contributed by atoms with van der Waals surface area (Å²) in [6, 6.07) is 3.28. The molecule has 1 aliphatic carbocycles. The minimum absolute atomic E-state index is 0.116. The third-order valence-electron chi connectivity index (χ3n) is 3.69. The standard InChI is InChI=1S/C14H19BrClFN2S/c15-11-7-6-10(14(17)13(11)16)12(19-18)8-20-9-4-2-1-3-5-9/h6-7,9,12,19H,1-5,8,18H2. The Morgan fingerprint density at radius 1 is 1.40 bits per heavy atom. The van der Waals surface area contributed by atoms with Crippen LogP contribution in [0, 0.1) is 5.82 Å². The third kappa shape index (κ3) is 4.10. The van der Waals surface area contributed by atoms with Crippen LogP contribution in [0.2, 0.25) is 5.02 Å². The summed E-state index contributed by atoms with van der Waals surface area (Å²) in [5.74, 6) is 5.96. The maximum Gasteiger partial charge on any atom is 0.147 e. The average Bonchev–Trinajstić information content (AvgIpc) is 2.48. The lowest BCUT2D eigenvalue weighted by molar-refractivity contribution is 0.512. The first-order valence-electron chi connectivity index (χ1n) is 6.84. The van der Waals surface area contributed by atoms with E-state index in [1.54, 1.807) is 12.1 Å². The van der Waals surface area contributed by atoms with Crippen LogP contribution in [0.4, 0.5) is 4.39 Å². The number of hydrogen-bond acceptors (Lipinski definition) is 3. The van der Waals surface area contributed by atoms with Gasteiger partial charge in [0.2, 0.25) is 0 Å². The highest BCUT2D eigenvalue weighted by atomic mass is 79.9. The smallest absolute Gasteiger partial charge is 0.147 e. The molecule has 0 amide bonds. The van der Waals surface area contributed by atoms with Crippen LogP contribution in [-0.4, -0.2) is 11.0 Å². The fourth-order valence-corrected chi connectivity index (χ4v) is 4.39. The van der Waals surface area contributed by atoms with E-state index >= 15 is 0 Å². The molecule has 112 valence electrons. The SMILES string of the molecule is NNC(CSC1CCCCC1)c1ccc(Br)c(Cl)c1F. The molecule has 0 aromatic heterocycles. The number of halogens is 3. The minimum atomic E-state index is -0.395. The van der Waals surface area contributed by atoms with Crippen LogP contribution < -0.4 is 11.3 Å². The van der Waals surface area contributed by atoms with E-state index in [0.29, 0.717) is 15.3 Å². The van der Waals surface area contributed by atoms with Crippen molar-refractivity contribution in [3.63, 3.8) is 0 Å². The molecule has 0 saturated heterocycles. The summed E-state index contributed by atoms with van der Waals surface area (Å²) in [7, 11) is 0. The van der Waals surface area contributed by atoms with Crippen LogP contribution in [0.25, 0.3) is 0 Å².